The van der Waals surface area contributed by atoms with Gasteiger partial charge in [0.15, 0.2) is 0 Å². The summed E-state index contributed by atoms with van der Waals surface area (Å²) in [5, 5.41) is 16.7. The normalized spacial score (nSPS) is 20.7. The van der Waals surface area contributed by atoms with Gasteiger partial charge in [-0.2, -0.15) is 5.26 Å². The number of ether oxygens (including phenoxy) is 1. The van der Waals surface area contributed by atoms with Gasteiger partial charge in [0.05, 0.1) is 35.1 Å². The van der Waals surface area contributed by atoms with Crippen LogP contribution in [0.2, 0.25) is 5.02 Å². The number of hydrogen-bond donors (Lipinski definition) is 4. The van der Waals surface area contributed by atoms with E-state index in [4.69, 9.17) is 27.8 Å². The van der Waals surface area contributed by atoms with Gasteiger partial charge in [-0.1, -0.05) is 24.4 Å². The minimum absolute atomic E-state index is 0.00729. The lowest BCUT2D eigenvalue weighted by Crippen LogP contribution is -2.43. The van der Waals surface area contributed by atoms with Crippen molar-refractivity contribution in [1.82, 2.24) is 4.98 Å². The van der Waals surface area contributed by atoms with Crippen molar-refractivity contribution < 1.29 is 9.53 Å². The molecule has 1 saturated carbocycles. The van der Waals surface area contributed by atoms with Crippen molar-refractivity contribution in [2.24, 2.45) is 11.5 Å². The van der Waals surface area contributed by atoms with Crippen LogP contribution in [0.5, 0.6) is 0 Å². The van der Waals surface area contributed by atoms with E-state index in [9.17, 15) is 10.1 Å². The lowest BCUT2D eigenvalue weighted by molar-refractivity contribution is 0.100. The Labute approximate surface area is 198 Å². The second kappa shape index (κ2) is 10.3. The first-order valence-electron chi connectivity index (χ1n) is 11.1. The third-order valence-electron chi connectivity index (χ3n) is 6.11. The summed E-state index contributed by atoms with van der Waals surface area (Å²) in [6.45, 7) is 2.86. The largest absolute Gasteiger partial charge is 0.378 e. The highest BCUT2D eigenvalue weighted by atomic mass is 35.5. The second-order valence-electron chi connectivity index (χ2n) is 8.35. The van der Waals surface area contributed by atoms with E-state index in [-0.39, 0.29) is 29.0 Å². The Morgan fingerprint density at radius 1 is 1.21 bits per heavy atom. The summed E-state index contributed by atoms with van der Waals surface area (Å²) in [4.78, 5) is 18.8. The molecule has 0 spiro atoms. The summed E-state index contributed by atoms with van der Waals surface area (Å²) in [6, 6.07) is 9.11. The Balaban J connectivity index is 1.62. The van der Waals surface area contributed by atoms with Crippen molar-refractivity contribution in [2.45, 2.75) is 37.8 Å². The molecule has 174 valence electrons. The third kappa shape index (κ3) is 5.30. The molecular formula is C23H28ClN7O2. The highest BCUT2D eigenvalue weighted by molar-refractivity contribution is 6.33. The monoisotopic (exact) mass is 469 g/mol. The first-order valence-corrected chi connectivity index (χ1v) is 11.5. The van der Waals surface area contributed by atoms with E-state index in [0.29, 0.717) is 29.7 Å². The predicted octanol–water partition coefficient (Wildman–Crippen LogP) is 2.97. The molecular weight excluding hydrogens is 442 g/mol. The number of morpholine rings is 1. The molecule has 1 saturated heterocycles. The molecule has 1 aromatic carbocycles. The van der Waals surface area contributed by atoms with Crippen molar-refractivity contribution in [3.05, 3.63) is 40.4 Å². The molecule has 0 bridgehead atoms. The molecule has 1 aromatic heterocycles. The number of carbonyl (C=O) groups is 1. The van der Waals surface area contributed by atoms with Gasteiger partial charge in [0, 0.05) is 30.9 Å². The van der Waals surface area contributed by atoms with Crippen molar-refractivity contribution in [2.75, 3.05) is 41.8 Å². The zero-order valence-corrected chi connectivity index (χ0v) is 19.1. The molecule has 2 atom stereocenters. The lowest BCUT2D eigenvalue weighted by atomic mass is 9.91. The summed E-state index contributed by atoms with van der Waals surface area (Å²) in [7, 11) is 0. The highest BCUT2D eigenvalue weighted by Gasteiger charge is 2.24. The number of nitrogens with zero attached hydrogens (tertiary/aromatic N) is 3. The molecule has 9 nitrogen and oxygen atoms in total. The van der Waals surface area contributed by atoms with E-state index in [1.807, 2.05) is 12.1 Å². The van der Waals surface area contributed by atoms with Gasteiger partial charge in [-0.05, 0) is 37.1 Å². The van der Waals surface area contributed by atoms with Crippen LogP contribution < -0.4 is 27.0 Å². The standard InChI is InChI=1S/C23H28ClN7O2/c24-17-12-15(5-6-20(17)31-7-9-33-10-8-31)28-23-16(21(27)32)11-14(13-25)22(30-23)29-19-4-2-1-3-18(19)26/h5-6,11-12,18-19H,1-4,7-10,26H2,(H2,27,32)(H2,28,29,30)/t18-,19+/m0/s1. The van der Waals surface area contributed by atoms with Crippen LogP contribution in [0, 0.1) is 11.3 Å². The number of primary amides is 1. The van der Waals surface area contributed by atoms with Gasteiger partial charge in [-0.25, -0.2) is 4.98 Å². The summed E-state index contributed by atoms with van der Waals surface area (Å²) in [5.74, 6) is -0.0506. The van der Waals surface area contributed by atoms with Crippen LogP contribution in [0.1, 0.15) is 41.6 Å². The van der Waals surface area contributed by atoms with Crippen LogP contribution in [-0.4, -0.2) is 49.3 Å². The quantitative estimate of drug-likeness (QED) is 0.505. The first kappa shape index (κ1) is 23.1. The maximum absolute atomic E-state index is 12.1. The van der Waals surface area contributed by atoms with Gasteiger partial charge in [0.25, 0.3) is 5.91 Å². The fourth-order valence-corrected chi connectivity index (χ4v) is 4.59. The van der Waals surface area contributed by atoms with Crippen LogP contribution in [0.3, 0.4) is 0 Å². The molecule has 4 rings (SSSR count). The van der Waals surface area contributed by atoms with E-state index in [0.717, 1.165) is 44.5 Å². The Morgan fingerprint density at radius 2 is 1.97 bits per heavy atom. The maximum atomic E-state index is 12.1. The van der Waals surface area contributed by atoms with Crippen molar-refractivity contribution in [3.8, 4) is 6.07 Å². The van der Waals surface area contributed by atoms with Gasteiger partial charge in [0.1, 0.15) is 17.7 Å². The maximum Gasteiger partial charge on any atom is 0.252 e. The number of nitrogens with two attached hydrogens (primary N) is 2. The van der Waals surface area contributed by atoms with E-state index in [1.165, 1.54) is 6.07 Å². The number of amides is 1. The third-order valence-corrected chi connectivity index (χ3v) is 6.41. The van der Waals surface area contributed by atoms with Gasteiger partial charge in [-0.3, -0.25) is 4.79 Å². The minimum atomic E-state index is -0.682. The predicted molar refractivity (Wildman–Crippen MR) is 129 cm³/mol. The van der Waals surface area contributed by atoms with Crippen LogP contribution in [0.4, 0.5) is 23.0 Å². The van der Waals surface area contributed by atoms with Gasteiger partial charge in [0.2, 0.25) is 0 Å². The molecule has 33 heavy (non-hydrogen) atoms. The molecule has 1 aliphatic carbocycles. The van der Waals surface area contributed by atoms with E-state index >= 15 is 0 Å². The molecule has 2 fully saturated rings. The molecule has 1 aliphatic heterocycles. The number of anilines is 4. The Kier molecular flexibility index (Phi) is 7.18. The van der Waals surface area contributed by atoms with Crippen LogP contribution in [0.25, 0.3) is 0 Å². The summed E-state index contributed by atoms with van der Waals surface area (Å²) in [5.41, 5.74) is 13.8. The zero-order valence-electron chi connectivity index (χ0n) is 18.3. The number of hydrogen-bond acceptors (Lipinski definition) is 8. The zero-order chi connectivity index (χ0) is 23.4. The first-order chi connectivity index (χ1) is 16.0. The number of benzene rings is 1. The summed E-state index contributed by atoms with van der Waals surface area (Å²) < 4.78 is 5.40. The van der Waals surface area contributed by atoms with Crippen molar-refractivity contribution >= 4 is 40.5 Å². The molecule has 1 amide bonds. The topological polar surface area (TPSA) is 142 Å². The fourth-order valence-electron chi connectivity index (χ4n) is 4.29. The molecule has 2 aromatic rings. The summed E-state index contributed by atoms with van der Waals surface area (Å²) in [6.07, 6.45) is 3.96. The second-order valence-corrected chi connectivity index (χ2v) is 8.75. The molecule has 6 N–H and O–H groups in total. The van der Waals surface area contributed by atoms with Crippen LogP contribution in [-0.2, 0) is 4.74 Å². The molecule has 10 heteroatoms. The summed E-state index contributed by atoms with van der Waals surface area (Å²) >= 11 is 6.55. The molecule has 0 unspecified atom stereocenters. The average molecular weight is 470 g/mol. The molecule has 2 aliphatic rings. The molecule has 0 radical (unpaired) electrons. The van der Waals surface area contributed by atoms with Gasteiger partial charge in [-0.15, -0.1) is 0 Å². The SMILES string of the molecule is N#Cc1cc(C(N)=O)c(Nc2ccc(N3CCOCC3)c(Cl)c2)nc1N[C@@H]1CCCC[C@@H]1N. The Morgan fingerprint density at radius 3 is 2.64 bits per heavy atom. The Bertz CT molecular complexity index is 1070. The number of aromatic nitrogens is 1. The number of rotatable bonds is 6. The number of nitrogens with one attached hydrogen (secondary N) is 2. The van der Waals surface area contributed by atoms with E-state index < -0.39 is 5.91 Å². The number of halogens is 1. The van der Waals surface area contributed by atoms with E-state index in [1.54, 1.807) is 6.07 Å². The van der Waals surface area contributed by atoms with E-state index in [2.05, 4.69) is 26.6 Å². The molecule has 2 heterocycles. The van der Waals surface area contributed by atoms with Crippen LogP contribution >= 0.6 is 11.6 Å². The smallest absolute Gasteiger partial charge is 0.252 e. The van der Waals surface area contributed by atoms with Crippen LogP contribution in [0.15, 0.2) is 24.3 Å². The number of nitriles is 1. The average Bonchev–Trinajstić information content (AvgIpc) is 2.81. The Hall–Kier alpha value is -3.06. The van der Waals surface area contributed by atoms with Gasteiger partial charge < -0.3 is 31.7 Å². The number of carbonyl (C=O) groups excluding carboxylic acids is 1. The number of pyridine rings is 1. The fraction of sp³-hybridized carbons (Fsp3) is 0.435. The minimum Gasteiger partial charge on any atom is -0.378 e. The van der Waals surface area contributed by atoms with Crippen molar-refractivity contribution in [3.63, 3.8) is 0 Å². The van der Waals surface area contributed by atoms with Gasteiger partial charge >= 0.3 is 0 Å². The lowest BCUT2D eigenvalue weighted by Gasteiger charge is -2.30. The highest BCUT2D eigenvalue weighted by Crippen LogP contribution is 2.32. The van der Waals surface area contributed by atoms with Crippen molar-refractivity contribution in [1.29, 1.82) is 5.26 Å².